The number of carboxylic acid groups (broad SMARTS) is 1. The van der Waals surface area contributed by atoms with Crippen molar-refractivity contribution in [3.05, 3.63) is 54.1 Å². The van der Waals surface area contributed by atoms with Gasteiger partial charge in [-0.1, -0.05) is 30.3 Å². The first-order valence-corrected chi connectivity index (χ1v) is 5.45. The molecule has 0 unspecified atom stereocenters. The molecule has 2 aromatic rings. The molecular formula is C13H12N2O3. The predicted molar refractivity (Wildman–Crippen MR) is 64.4 cm³/mol. The summed E-state index contributed by atoms with van der Waals surface area (Å²) >= 11 is 0. The number of hydrogen-bond donors (Lipinski definition) is 1. The number of carbonyl (C=O) groups is 2. The fraction of sp³-hybridized carbons (Fsp3) is 0.154. The topological polar surface area (TPSA) is 72.2 Å². The summed E-state index contributed by atoms with van der Waals surface area (Å²) in [4.78, 5) is 26.1. The molecule has 1 N–H and O–H groups in total. The van der Waals surface area contributed by atoms with Crippen LogP contribution in [0.25, 0.3) is 0 Å². The average Bonchev–Trinajstić information content (AvgIpc) is 2.87. The van der Waals surface area contributed by atoms with Crippen molar-refractivity contribution in [3.8, 4) is 0 Å². The summed E-state index contributed by atoms with van der Waals surface area (Å²) in [5.41, 5.74) is 1.06. The van der Waals surface area contributed by atoms with E-state index in [1.807, 2.05) is 37.3 Å². The third kappa shape index (κ3) is 2.15. The number of Topliss-reactive ketones (excluding diaryl/α,β-unsaturated/α-hetero) is 1. The molecule has 1 atom stereocenters. The average molecular weight is 244 g/mol. The molecule has 0 amide bonds. The SMILES string of the molecule is C[C@H](c1ccccc1)n1cncc1C(=O)C(=O)O. The quantitative estimate of drug-likeness (QED) is 0.657. The van der Waals surface area contributed by atoms with E-state index in [2.05, 4.69) is 4.98 Å². The van der Waals surface area contributed by atoms with Gasteiger partial charge in [0.15, 0.2) is 0 Å². The number of aliphatic carboxylic acids is 1. The standard InChI is InChI=1S/C13H12N2O3/c1-9(10-5-3-2-4-6-10)15-8-14-7-11(15)12(16)13(17)18/h2-9H,1H3,(H,17,18)/t9-/m1/s1. The zero-order valence-electron chi connectivity index (χ0n) is 9.78. The van der Waals surface area contributed by atoms with Crippen molar-refractivity contribution < 1.29 is 14.7 Å². The van der Waals surface area contributed by atoms with Gasteiger partial charge >= 0.3 is 5.97 Å². The fourth-order valence-electron chi connectivity index (χ4n) is 1.79. The van der Waals surface area contributed by atoms with Gasteiger partial charge in [-0.2, -0.15) is 0 Å². The van der Waals surface area contributed by atoms with Crippen LogP contribution in [0.2, 0.25) is 0 Å². The number of aromatic nitrogens is 2. The number of hydrogen-bond acceptors (Lipinski definition) is 3. The van der Waals surface area contributed by atoms with Crippen LogP contribution in [0, 0.1) is 0 Å². The van der Waals surface area contributed by atoms with Crippen LogP contribution in [0.3, 0.4) is 0 Å². The van der Waals surface area contributed by atoms with Crippen LogP contribution in [0.15, 0.2) is 42.9 Å². The maximum Gasteiger partial charge on any atom is 0.378 e. The van der Waals surface area contributed by atoms with Crippen LogP contribution in [-0.2, 0) is 4.79 Å². The minimum absolute atomic E-state index is 0.0823. The first-order chi connectivity index (χ1) is 8.61. The third-order valence-electron chi connectivity index (χ3n) is 2.79. The van der Waals surface area contributed by atoms with Crippen LogP contribution in [-0.4, -0.2) is 26.4 Å². The smallest absolute Gasteiger partial charge is 0.378 e. The van der Waals surface area contributed by atoms with Crippen molar-refractivity contribution in [3.63, 3.8) is 0 Å². The molecule has 0 saturated carbocycles. The summed E-state index contributed by atoms with van der Waals surface area (Å²) in [5.74, 6) is -2.42. The Kier molecular flexibility index (Phi) is 3.23. The Morgan fingerprint density at radius 3 is 2.56 bits per heavy atom. The van der Waals surface area contributed by atoms with E-state index >= 15 is 0 Å². The Morgan fingerprint density at radius 1 is 1.28 bits per heavy atom. The van der Waals surface area contributed by atoms with Crippen molar-refractivity contribution in [2.75, 3.05) is 0 Å². The monoisotopic (exact) mass is 244 g/mol. The minimum atomic E-state index is -1.47. The summed E-state index contributed by atoms with van der Waals surface area (Å²) in [6, 6.07) is 9.36. The van der Waals surface area contributed by atoms with Crippen molar-refractivity contribution in [1.82, 2.24) is 9.55 Å². The van der Waals surface area contributed by atoms with E-state index in [1.54, 1.807) is 4.57 Å². The molecule has 5 nitrogen and oxygen atoms in total. The van der Waals surface area contributed by atoms with Gasteiger partial charge < -0.3 is 9.67 Å². The van der Waals surface area contributed by atoms with Crippen LogP contribution >= 0.6 is 0 Å². The van der Waals surface area contributed by atoms with Crippen LogP contribution in [0.4, 0.5) is 0 Å². The van der Waals surface area contributed by atoms with Crippen LogP contribution < -0.4 is 0 Å². The minimum Gasteiger partial charge on any atom is -0.475 e. The fourth-order valence-corrected chi connectivity index (χ4v) is 1.79. The molecule has 2 rings (SSSR count). The van der Waals surface area contributed by atoms with E-state index < -0.39 is 11.8 Å². The number of ketones is 1. The van der Waals surface area contributed by atoms with Gasteiger partial charge in [-0.3, -0.25) is 4.79 Å². The van der Waals surface area contributed by atoms with Crippen molar-refractivity contribution in [2.45, 2.75) is 13.0 Å². The van der Waals surface area contributed by atoms with E-state index in [-0.39, 0.29) is 11.7 Å². The Labute approximate surface area is 104 Å². The molecule has 1 heterocycles. The van der Waals surface area contributed by atoms with E-state index in [1.165, 1.54) is 12.5 Å². The highest BCUT2D eigenvalue weighted by atomic mass is 16.4. The van der Waals surface area contributed by atoms with Gasteiger partial charge in [0.05, 0.1) is 18.6 Å². The maximum absolute atomic E-state index is 11.5. The summed E-state index contributed by atoms with van der Waals surface area (Å²) in [6.45, 7) is 1.88. The number of rotatable bonds is 4. The highest BCUT2D eigenvalue weighted by Crippen LogP contribution is 2.19. The molecular weight excluding hydrogens is 232 g/mol. The highest BCUT2D eigenvalue weighted by molar-refractivity contribution is 6.39. The van der Waals surface area contributed by atoms with E-state index in [0.717, 1.165) is 5.56 Å². The first kappa shape index (κ1) is 12.0. The zero-order valence-corrected chi connectivity index (χ0v) is 9.78. The van der Waals surface area contributed by atoms with E-state index in [0.29, 0.717) is 0 Å². The molecule has 0 bridgehead atoms. The lowest BCUT2D eigenvalue weighted by Gasteiger charge is -2.15. The van der Waals surface area contributed by atoms with Crippen molar-refractivity contribution in [2.24, 2.45) is 0 Å². The number of imidazole rings is 1. The Hall–Kier alpha value is -2.43. The molecule has 1 aromatic carbocycles. The number of nitrogens with zero attached hydrogens (tertiary/aromatic N) is 2. The number of benzene rings is 1. The van der Waals surface area contributed by atoms with Gasteiger partial charge in [-0.15, -0.1) is 0 Å². The maximum atomic E-state index is 11.5. The molecule has 0 fully saturated rings. The molecule has 18 heavy (non-hydrogen) atoms. The van der Waals surface area contributed by atoms with Gasteiger partial charge in [0.25, 0.3) is 5.78 Å². The van der Waals surface area contributed by atoms with Gasteiger partial charge in [-0.05, 0) is 12.5 Å². The second-order valence-electron chi connectivity index (χ2n) is 3.91. The van der Waals surface area contributed by atoms with Gasteiger partial charge in [0.1, 0.15) is 5.69 Å². The van der Waals surface area contributed by atoms with Crippen LogP contribution in [0.1, 0.15) is 29.0 Å². The van der Waals surface area contributed by atoms with Crippen LogP contribution in [0.5, 0.6) is 0 Å². The third-order valence-corrected chi connectivity index (χ3v) is 2.79. The zero-order chi connectivity index (χ0) is 13.1. The van der Waals surface area contributed by atoms with Crippen molar-refractivity contribution >= 4 is 11.8 Å². The van der Waals surface area contributed by atoms with Crippen molar-refractivity contribution in [1.29, 1.82) is 0 Å². The van der Waals surface area contributed by atoms with E-state index in [9.17, 15) is 9.59 Å². The summed E-state index contributed by atoms with van der Waals surface area (Å²) in [6.07, 6.45) is 2.74. The lowest BCUT2D eigenvalue weighted by Crippen LogP contribution is -2.19. The molecule has 0 saturated heterocycles. The lowest BCUT2D eigenvalue weighted by atomic mass is 10.1. The molecule has 0 spiro atoms. The number of carbonyl (C=O) groups excluding carboxylic acids is 1. The normalized spacial score (nSPS) is 12.1. The summed E-state index contributed by atoms with van der Waals surface area (Å²) in [7, 11) is 0. The molecule has 0 aliphatic heterocycles. The molecule has 92 valence electrons. The molecule has 1 aromatic heterocycles. The first-order valence-electron chi connectivity index (χ1n) is 5.45. The molecule has 0 aliphatic rings. The molecule has 0 radical (unpaired) electrons. The highest BCUT2D eigenvalue weighted by Gasteiger charge is 2.21. The molecule has 5 heteroatoms. The molecule has 0 aliphatic carbocycles. The second kappa shape index (κ2) is 4.83. The summed E-state index contributed by atoms with van der Waals surface area (Å²) in [5, 5.41) is 8.74. The van der Waals surface area contributed by atoms with Gasteiger partial charge in [0, 0.05) is 0 Å². The summed E-state index contributed by atoms with van der Waals surface area (Å²) < 4.78 is 1.56. The lowest BCUT2D eigenvalue weighted by molar-refractivity contribution is -0.131. The largest absolute Gasteiger partial charge is 0.475 e. The Morgan fingerprint density at radius 2 is 1.94 bits per heavy atom. The van der Waals surface area contributed by atoms with E-state index in [4.69, 9.17) is 5.11 Å². The van der Waals surface area contributed by atoms with Gasteiger partial charge in [0.2, 0.25) is 0 Å². The Bertz CT molecular complexity index is 575. The predicted octanol–water partition coefficient (Wildman–Crippen LogP) is 1.76. The second-order valence-corrected chi connectivity index (χ2v) is 3.91. The number of carboxylic acids is 1. The van der Waals surface area contributed by atoms with Gasteiger partial charge in [-0.25, -0.2) is 9.78 Å². The Balaban J connectivity index is 2.38.